The van der Waals surface area contributed by atoms with Gasteiger partial charge in [0.25, 0.3) is 0 Å². The topological polar surface area (TPSA) is 61.8 Å². The van der Waals surface area contributed by atoms with Crippen LogP contribution in [0.2, 0.25) is 0 Å². The number of rotatable bonds is 51. The summed E-state index contributed by atoms with van der Waals surface area (Å²) in [5.74, 6) is -0.443. The Kier molecular flexibility index (Phi) is 53.9. The van der Waals surface area contributed by atoms with Crippen LogP contribution in [-0.4, -0.2) is 37.9 Å². The summed E-state index contributed by atoms with van der Waals surface area (Å²) in [6.45, 7) is 7.51. The van der Waals surface area contributed by atoms with Gasteiger partial charge in [-0.15, -0.1) is 0 Å². The Bertz CT molecular complexity index is 1220. The number of allylic oxidation sites excluding steroid dienone is 13. The number of unbranched alkanes of at least 4 members (excludes halogenated alkanes) is 26. The van der Waals surface area contributed by atoms with Gasteiger partial charge in [-0.2, -0.15) is 0 Å². The predicted octanol–water partition coefficient (Wildman–Crippen LogP) is 19.2. The molecule has 0 saturated heterocycles. The number of ether oxygens (including phenoxy) is 3. The lowest BCUT2D eigenvalue weighted by atomic mass is 10.1. The lowest BCUT2D eigenvalue weighted by Crippen LogP contribution is -2.30. The average molecular weight is 920 g/mol. The van der Waals surface area contributed by atoms with Gasteiger partial charge in [0.2, 0.25) is 0 Å². The van der Waals surface area contributed by atoms with Gasteiger partial charge in [-0.05, 0) is 103 Å². The maximum Gasteiger partial charge on any atom is 0.306 e. The fourth-order valence-electron chi connectivity index (χ4n) is 7.74. The molecule has 5 nitrogen and oxygen atoms in total. The van der Waals surface area contributed by atoms with Gasteiger partial charge in [0.1, 0.15) is 6.61 Å². The fraction of sp³-hybridized carbons (Fsp3) is 0.738. The monoisotopic (exact) mass is 919 g/mol. The predicted molar refractivity (Wildman–Crippen MR) is 288 cm³/mol. The van der Waals surface area contributed by atoms with Crippen molar-refractivity contribution < 1.29 is 23.8 Å². The van der Waals surface area contributed by atoms with E-state index in [1.165, 1.54) is 154 Å². The second kappa shape index (κ2) is 56.4. The Morgan fingerprint density at radius 3 is 1.09 bits per heavy atom. The van der Waals surface area contributed by atoms with Gasteiger partial charge in [-0.25, -0.2) is 0 Å². The van der Waals surface area contributed by atoms with Crippen LogP contribution in [0.5, 0.6) is 0 Å². The fourth-order valence-corrected chi connectivity index (χ4v) is 7.74. The Morgan fingerprint density at radius 1 is 0.348 bits per heavy atom. The van der Waals surface area contributed by atoms with Gasteiger partial charge in [0.15, 0.2) is 6.10 Å². The highest BCUT2D eigenvalue weighted by Crippen LogP contribution is 2.14. The summed E-state index contributed by atoms with van der Waals surface area (Å²) in [4.78, 5) is 25.5. The molecule has 0 aliphatic carbocycles. The lowest BCUT2D eigenvalue weighted by molar-refractivity contribution is -0.162. The standard InChI is InChI=1S/C61H106O5/c1-4-7-10-13-16-19-22-25-28-31-33-36-39-42-45-48-51-54-60(62)65-58-59(57-64-56-53-50-47-44-41-38-35-30-27-24-21-18-15-12-9-6-3)66-61(63)55-52-49-46-43-40-37-34-32-29-26-23-20-17-14-11-8-5-2/h9,12,18,21,25-30,38,41,47,50,59H,4-8,10-11,13-17,19-20,22-24,31-37,39-40,42-46,48-49,51-58H2,1-3H3/b12-9-,21-18-,28-25-,29-26-,30-27-,41-38-,50-47-. The van der Waals surface area contributed by atoms with Gasteiger partial charge >= 0.3 is 11.9 Å². The molecule has 0 N–H and O–H groups in total. The Balaban J connectivity index is 4.38. The van der Waals surface area contributed by atoms with Crippen LogP contribution in [0.4, 0.5) is 0 Å². The minimum absolute atomic E-state index is 0.0495. The Labute approximate surface area is 409 Å². The molecular weight excluding hydrogens is 813 g/mol. The second-order valence-electron chi connectivity index (χ2n) is 18.4. The van der Waals surface area contributed by atoms with E-state index in [1.54, 1.807) is 0 Å². The molecule has 66 heavy (non-hydrogen) atoms. The van der Waals surface area contributed by atoms with Crippen molar-refractivity contribution in [3.8, 4) is 0 Å². The first-order valence-electron chi connectivity index (χ1n) is 28.1. The maximum absolute atomic E-state index is 12.8. The van der Waals surface area contributed by atoms with Crippen LogP contribution < -0.4 is 0 Å². The summed E-state index contributed by atoms with van der Waals surface area (Å²) in [6, 6.07) is 0. The van der Waals surface area contributed by atoms with Crippen molar-refractivity contribution in [1.29, 1.82) is 0 Å². The Hall–Kier alpha value is -2.92. The van der Waals surface area contributed by atoms with E-state index in [2.05, 4.69) is 106 Å². The molecule has 5 heteroatoms. The normalized spacial score (nSPS) is 12.8. The quantitative estimate of drug-likeness (QED) is 0.0346. The molecule has 0 aromatic carbocycles. The molecule has 0 aromatic rings. The Morgan fingerprint density at radius 2 is 0.682 bits per heavy atom. The number of carbonyl (C=O) groups excluding carboxylic acids is 2. The van der Waals surface area contributed by atoms with E-state index in [-0.39, 0.29) is 25.2 Å². The molecular formula is C61H106O5. The molecule has 0 radical (unpaired) electrons. The van der Waals surface area contributed by atoms with Crippen molar-refractivity contribution in [3.63, 3.8) is 0 Å². The SMILES string of the molecule is CC/C=C\C/C=C\C/C=C\C/C=C\C/C=C\CCOCC(COC(=O)CCCCCCCCC/C=C\CCCCCCCC)OC(=O)CCCCCCCCC/C=C\CCCCCCCC. The summed E-state index contributed by atoms with van der Waals surface area (Å²) in [7, 11) is 0. The van der Waals surface area contributed by atoms with Crippen LogP contribution >= 0.6 is 0 Å². The lowest BCUT2D eigenvalue weighted by Gasteiger charge is -2.18. The first-order chi connectivity index (χ1) is 32.6. The zero-order chi connectivity index (χ0) is 47.7. The highest BCUT2D eigenvalue weighted by molar-refractivity contribution is 5.70. The first-order valence-corrected chi connectivity index (χ1v) is 28.1. The van der Waals surface area contributed by atoms with Crippen LogP contribution in [0.1, 0.15) is 265 Å². The van der Waals surface area contributed by atoms with E-state index in [4.69, 9.17) is 14.2 Å². The maximum atomic E-state index is 12.8. The third-order valence-electron chi connectivity index (χ3n) is 11.9. The first kappa shape index (κ1) is 63.1. The molecule has 0 aliphatic rings. The molecule has 1 unspecified atom stereocenters. The smallest absolute Gasteiger partial charge is 0.306 e. The number of hydrogen-bond donors (Lipinski definition) is 0. The van der Waals surface area contributed by atoms with Crippen molar-refractivity contribution in [2.45, 2.75) is 271 Å². The molecule has 1 atom stereocenters. The number of carbonyl (C=O) groups is 2. The van der Waals surface area contributed by atoms with Gasteiger partial charge in [0, 0.05) is 12.8 Å². The van der Waals surface area contributed by atoms with Crippen LogP contribution in [0.15, 0.2) is 85.1 Å². The number of hydrogen-bond acceptors (Lipinski definition) is 5. The third kappa shape index (κ3) is 53.7. The highest BCUT2D eigenvalue weighted by Gasteiger charge is 2.17. The van der Waals surface area contributed by atoms with E-state index in [0.29, 0.717) is 19.4 Å². The van der Waals surface area contributed by atoms with Gasteiger partial charge in [-0.1, -0.05) is 234 Å². The minimum atomic E-state index is -0.583. The molecule has 0 heterocycles. The molecule has 0 amide bonds. The number of esters is 2. The van der Waals surface area contributed by atoms with E-state index < -0.39 is 6.10 Å². The molecule has 0 aromatic heterocycles. The summed E-state index contributed by atoms with van der Waals surface area (Å²) >= 11 is 0. The largest absolute Gasteiger partial charge is 0.462 e. The van der Waals surface area contributed by atoms with Crippen molar-refractivity contribution in [1.82, 2.24) is 0 Å². The van der Waals surface area contributed by atoms with Crippen LogP contribution in [0, 0.1) is 0 Å². The zero-order valence-electron chi connectivity index (χ0n) is 43.7. The van der Waals surface area contributed by atoms with Crippen molar-refractivity contribution in [3.05, 3.63) is 85.1 Å². The van der Waals surface area contributed by atoms with E-state index >= 15 is 0 Å². The highest BCUT2D eigenvalue weighted by atomic mass is 16.6. The summed E-state index contributed by atoms with van der Waals surface area (Å²) < 4.78 is 17.4. The molecule has 380 valence electrons. The van der Waals surface area contributed by atoms with Crippen molar-refractivity contribution in [2.75, 3.05) is 19.8 Å². The van der Waals surface area contributed by atoms with Crippen LogP contribution in [-0.2, 0) is 23.8 Å². The molecule has 0 fully saturated rings. The van der Waals surface area contributed by atoms with Crippen LogP contribution in [0.25, 0.3) is 0 Å². The third-order valence-corrected chi connectivity index (χ3v) is 11.9. The minimum Gasteiger partial charge on any atom is -0.462 e. The van der Waals surface area contributed by atoms with Crippen molar-refractivity contribution in [2.24, 2.45) is 0 Å². The van der Waals surface area contributed by atoms with E-state index in [0.717, 1.165) is 77.0 Å². The summed E-state index contributed by atoms with van der Waals surface area (Å²) in [5.41, 5.74) is 0. The molecule has 0 saturated carbocycles. The van der Waals surface area contributed by atoms with E-state index in [9.17, 15) is 9.59 Å². The van der Waals surface area contributed by atoms with E-state index in [1.807, 2.05) is 0 Å². The zero-order valence-corrected chi connectivity index (χ0v) is 43.7. The summed E-state index contributed by atoms with van der Waals surface area (Å²) in [5, 5.41) is 0. The molecule has 0 spiro atoms. The molecule has 0 bridgehead atoms. The average Bonchev–Trinajstić information content (AvgIpc) is 3.32. The molecule has 0 rings (SSSR count). The second-order valence-corrected chi connectivity index (χ2v) is 18.4. The van der Waals surface area contributed by atoms with Gasteiger partial charge in [-0.3, -0.25) is 9.59 Å². The van der Waals surface area contributed by atoms with Crippen LogP contribution in [0.3, 0.4) is 0 Å². The van der Waals surface area contributed by atoms with Gasteiger partial charge in [0.05, 0.1) is 13.2 Å². The molecule has 0 aliphatic heterocycles. The summed E-state index contributed by atoms with van der Waals surface area (Å²) in [6.07, 6.45) is 74.8. The van der Waals surface area contributed by atoms with Crippen molar-refractivity contribution >= 4 is 11.9 Å². The van der Waals surface area contributed by atoms with Gasteiger partial charge < -0.3 is 14.2 Å².